The van der Waals surface area contributed by atoms with E-state index in [0.29, 0.717) is 17.0 Å². The zero-order chi connectivity index (χ0) is 25.1. The number of amides is 3. The fourth-order valence-corrected chi connectivity index (χ4v) is 4.64. The van der Waals surface area contributed by atoms with Gasteiger partial charge >= 0.3 is 0 Å². The van der Waals surface area contributed by atoms with Crippen molar-refractivity contribution >= 4 is 45.8 Å². The van der Waals surface area contributed by atoms with Crippen LogP contribution in [0, 0.1) is 0 Å². The summed E-state index contributed by atoms with van der Waals surface area (Å²) < 4.78 is 0. The Balaban J connectivity index is 1.64. The number of benzene rings is 3. The van der Waals surface area contributed by atoms with Crippen LogP contribution in [0.2, 0.25) is 5.02 Å². The number of anilines is 1. The quantitative estimate of drug-likeness (QED) is 0.448. The highest BCUT2D eigenvalue weighted by Gasteiger charge is 2.35. The number of nitrogens with one attached hydrogen (secondary N) is 1. The smallest absolute Gasteiger partial charge is 0.259 e. The van der Waals surface area contributed by atoms with Gasteiger partial charge in [-0.05, 0) is 55.0 Å². The molecule has 4 rings (SSSR count). The van der Waals surface area contributed by atoms with Gasteiger partial charge in [-0.3, -0.25) is 19.3 Å². The Kier molecular flexibility index (Phi) is 7.41. The van der Waals surface area contributed by atoms with Crippen LogP contribution in [0.4, 0.5) is 5.69 Å². The average Bonchev–Trinajstić information content (AvgIpc) is 3.13. The molecule has 6 nitrogen and oxygen atoms in total. The van der Waals surface area contributed by atoms with Crippen molar-refractivity contribution in [3.05, 3.63) is 76.8 Å². The van der Waals surface area contributed by atoms with E-state index < -0.39 is 6.04 Å². The molecule has 1 aliphatic rings. The van der Waals surface area contributed by atoms with Crippen molar-refractivity contribution in [3.63, 3.8) is 0 Å². The molecule has 0 unspecified atom stereocenters. The summed E-state index contributed by atoms with van der Waals surface area (Å²) in [4.78, 5) is 43.3. The second kappa shape index (κ2) is 10.5. The number of hydrogen-bond acceptors (Lipinski definition) is 3. The van der Waals surface area contributed by atoms with Crippen molar-refractivity contribution in [1.82, 2.24) is 10.2 Å². The van der Waals surface area contributed by atoms with Gasteiger partial charge in [0.25, 0.3) is 5.91 Å². The van der Waals surface area contributed by atoms with E-state index in [9.17, 15) is 14.4 Å². The fraction of sp³-hybridized carbons (Fsp3) is 0.321. The van der Waals surface area contributed by atoms with Crippen molar-refractivity contribution in [2.45, 2.75) is 52.2 Å². The predicted molar refractivity (Wildman–Crippen MR) is 140 cm³/mol. The van der Waals surface area contributed by atoms with Gasteiger partial charge in [0.15, 0.2) is 0 Å². The van der Waals surface area contributed by atoms with Crippen molar-refractivity contribution in [1.29, 1.82) is 0 Å². The van der Waals surface area contributed by atoms with Gasteiger partial charge in [-0.1, -0.05) is 61.8 Å². The Hall–Kier alpha value is -3.38. The summed E-state index contributed by atoms with van der Waals surface area (Å²) in [7, 11) is 0. The van der Waals surface area contributed by atoms with Crippen LogP contribution in [0.5, 0.6) is 0 Å². The van der Waals surface area contributed by atoms with Crippen LogP contribution in [0.15, 0.2) is 60.7 Å². The number of hydrogen-bond donors (Lipinski definition) is 1. The summed E-state index contributed by atoms with van der Waals surface area (Å²) in [6.45, 7) is 5.92. The van der Waals surface area contributed by atoms with Crippen LogP contribution in [0.1, 0.15) is 49.5 Å². The first-order chi connectivity index (χ1) is 16.8. The molecule has 7 heteroatoms. The van der Waals surface area contributed by atoms with E-state index in [2.05, 4.69) is 5.32 Å². The van der Waals surface area contributed by atoms with Gasteiger partial charge in [0.2, 0.25) is 11.8 Å². The Labute approximate surface area is 210 Å². The molecular weight excluding hydrogens is 462 g/mol. The maximum Gasteiger partial charge on any atom is 0.259 e. The van der Waals surface area contributed by atoms with Crippen molar-refractivity contribution in [2.75, 3.05) is 11.4 Å². The van der Waals surface area contributed by atoms with Gasteiger partial charge in [0.05, 0.1) is 5.69 Å². The van der Waals surface area contributed by atoms with Crippen molar-refractivity contribution < 1.29 is 14.4 Å². The number of carbonyl (C=O) groups excluding carboxylic acids is 3. The van der Waals surface area contributed by atoms with Crippen molar-refractivity contribution in [3.8, 4) is 0 Å². The molecule has 0 bridgehead atoms. The van der Waals surface area contributed by atoms with Crippen LogP contribution in [0.25, 0.3) is 10.8 Å². The van der Waals surface area contributed by atoms with Gasteiger partial charge in [-0.2, -0.15) is 0 Å². The third-order valence-electron chi connectivity index (χ3n) is 6.60. The van der Waals surface area contributed by atoms with E-state index in [1.165, 1.54) is 4.90 Å². The second-order valence-electron chi connectivity index (χ2n) is 8.96. The number of carbonyl (C=O) groups is 3. The lowest BCUT2D eigenvalue weighted by Crippen LogP contribution is -2.53. The van der Waals surface area contributed by atoms with E-state index in [1.54, 1.807) is 23.1 Å². The van der Waals surface area contributed by atoms with Crippen LogP contribution >= 0.6 is 11.6 Å². The first kappa shape index (κ1) is 24.7. The number of rotatable bonds is 9. The molecule has 0 saturated heterocycles. The predicted octanol–water partition coefficient (Wildman–Crippen LogP) is 5.18. The summed E-state index contributed by atoms with van der Waals surface area (Å²) >= 11 is 6.05. The Morgan fingerprint density at radius 3 is 2.34 bits per heavy atom. The molecule has 0 saturated carbocycles. The summed E-state index contributed by atoms with van der Waals surface area (Å²) in [5.74, 6) is -0.680. The lowest BCUT2D eigenvalue weighted by atomic mass is 10.1. The standard InChI is InChI=1S/C28H30ClN3O3/c1-4-18(3)30-27(34)23(5-2)31(16-19-12-14-21(29)15-13-19)25(33)17-32-24-11-7-9-20-8-6-10-22(26(20)24)28(32)35/h6-15,18,23H,4-5,16-17H2,1-3H3,(H,30,34)/t18-,23+/m1/s1. The molecule has 182 valence electrons. The summed E-state index contributed by atoms with van der Waals surface area (Å²) in [6.07, 6.45) is 1.24. The Bertz CT molecular complexity index is 1250. The van der Waals surface area contributed by atoms with Gasteiger partial charge < -0.3 is 10.2 Å². The minimum Gasteiger partial charge on any atom is -0.352 e. The SMILES string of the molecule is CC[C@@H](C)NC(=O)[C@H](CC)N(Cc1ccc(Cl)cc1)C(=O)CN1C(=O)c2cccc3cccc1c23. The highest BCUT2D eigenvalue weighted by molar-refractivity contribution is 6.30. The third kappa shape index (κ3) is 5.03. The molecule has 1 heterocycles. The molecule has 0 aliphatic carbocycles. The van der Waals surface area contributed by atoms with Crippen LogP contribution in [-0.2, 0) is 16.1 Å². The minimum atomic E-state index is -0.664. The highest BCUT2D eigenvalue weighted by atomic mass is 35.5. The molecule has 3 amide bonds. The molecule has 1 aliphatic heterocycles. The molecule has 3 aromatic carbocycles. The van der Waals surface area contributed by atoms with E-state index >= 15 is 0 Å². The monoisotopic (exact) mass is 491 g/mol. The molecule has 3 aromatic rings. The van der Waals surface area contributed by atoms with Crippen LogP contribution in [0.3, 0.4) is 0 Å². The lowest BCUT2D eigenvalue weighted by molar-refractivity contribution is -0.140. The summed E-state index contributed by atoms with van der Waals surface area (Å²) in [5, 5.41) is 5.43. The molecule has 0 spiro atoms. The Morgan fingerprint density at radius 1 is 1.00 bits per heavy atom. The van der Waals surface area contributed by atoms with E-state index in [1.807, 2.05) is 63.2 Å². The molecule has 1 N–H and O–H groups in total. The van der Waals surface area contributed by atoms with Crippen molar-refractivity contribution in [2.24, 2.45) is 0 Å². The molecule has 0 fully saturated rings. The maximum absolute atomic E-state index is 13.8. The molecule has 35 heavy (non-hydrogen) atoms. The van der Waals surface area contributed by atoms with Crippen LogP contribution < -0.4 is 10.2 Å². The Morgan fingerprint density at radius 2 is 1.69 bits per heavy atom. The van der Waals surface area contributed by atoms with E-state index in [4.69, 9.17) is 11.6 Å². The zero-order valence-electron chi connectivity index (χ0n) is 20.3. The first-order valence-electron chi connectivity index (χ1n) is 12.0. The normalized spacial score (nSPS) is 14.2. The van der Waals surface area contributed by atoms with E-state index in [0.717, 1.165) is 28.4 Å². The van der Waals surface area contributed by atoms with E-state index in [-0.39, 0.29) is 36.9 Å². The molecular formula is C28H30ClN3O3. The second-order valence-corrected chi connectivity index (χ2v) is 9.40. The zero-order valence-corrected chi connectivity index (χ0v) is 21.0. The van der Waals surface area contributed by atoms with Gasteiger partial charge in [0, 0.05) is 28.6 Å². The average molecular weight is 492 g/mol. The van der Waals surface area contributed by atoms with Gasteiger partial charge in [0.1, 0.15) is 12.6 Å². The number of nitrogens with zero attached hydrogens (tertiary/aromatic N) is 2. The van der Waals surface area contributed by atoms with Gasteiger partial charge in [-0.25, -0.2) is 0 Å². The fourth-order valence-electron chi connectivity index (χ4n) is 4.51. The molecule has 0 aromatic heterocycles. The third-order valence-corrected chi connectivity index (χ3v) is 6.85. The lowest BCUT2D eigenvalue weighted by Gasteiger charge is -2.32. The number of halogens is 1. The maximum atomic E-state index is 13.8. The molecule has 2 atom stereocenters. The topological polar surface area (TPSA) is 69.7 Å². The summed E-state index contributed by atoms with van der Waals surface area (Å²) in [6, 6.07) is 17.9. The highest BCUT2D eigenvalue weighted by Crippen LogP contribution is 2.37. The molecule has 0 radical (unpaired) electrons. The first-order valence-corrected chi connectivity index (χ1v) is 12.4. The van der Waals surface area contributed by atoms with Gasteiger partial charge in [-0.15, -0.1) is 0 Å². The van der Waals surface area contributed by atoms with Crippen LogP contribution in [-0.4, -0.2) is 41.2 Å². The summed E-state index contributed by atoms with van der Waals surface area (Å²) in [5.41, 5.74) is 2.17. The largest absolute Gasteiger partial charge is 0.352 e. The minimum absolute atomic E-state index is 0.00343.